The number of amides is 1. The maximum Gasteiger partial charge on any atom is 0.227 e. The number of nitrogens with one attached hydrogen (secondary N) is 2. The summed E-state index contributed by atoms with van der Waals surface area (Å²) in [6, 6.07) is 2.09. The highest BCUT2D eigenvalue weighted by atomic mass is 16.2. The maximum absolute atomic E-state index is 11.7. The topological polar surface area (TPSA) is 64.9 Å². The first-order valence-corrected chi connectivity index (χ1v) is 4.97. The minimum Gasteiger partial charge on any atom is -0.354 e. The molecule has 1 fully saturated rings. The Bertz CT molecular complexity index is 251. The molecular weight excluding hydrogens is 178 g/mol. The predicted octanol–water partition coefficient (Wildman–Crippen LogP) is 0.262. The lowest BCUT2D eigenvalue weighted by molar-refractivity contribution is -0.129. The molecule has 0 saturated carbocycles. The number of nitrogens with zero attached hydrogens (tertiary/aromatic N) is 1. The molecule has 2 unspecified atom stereocenters. The van der Waals surface area contributed by atoms with Crippen LogP contribution < -0.4 is 10.6 Å². The van der Waals surface area contributed by atoms with Gasteiger partial charge in [-0.05, 0) is 26.8 Å². The van der Waals surface area contributed by atoms with Gasteiger partial charge in [-0.15, -0.1) is 0 Å². The van der Waals surface area contributed by atoms with E-state index in [-0.39, 0.29) is 17.2 Å². The standard InChI is InChI=1S/C10H17N3O/c1-8(5-11)6-13-9(14)10(2)3-4-12-7-10/h8,12H,3-4,6-7H2,1-2H3,(H,13,14). The van der Waals surface area contributed by atoms with Crippen LogP contribution in [0.25, 0.3) is 0 Å². The fraction of sp³-hybridized carbons (Fsp3) is 0.800. The van der Waals surface area contributed by atoms with Crippen molar-refractivity contribution in [3.05, 3.63) is 0 Å². The van der Waals surface area contributed by atoms with Crippen LogP contribution in [0.1, 0.15) is 20.3 Å². The second kappa shape index (κ2) is 4.43. The number of nitriles is 1. The fourth-order valence-corrected chi connectivity index (χ4v) is 1.52. The molecule has 4 heteroatoms. The van der Waals surface area contributed by atoms with Crippen molar-refractivity contribution in [2.24, 2.45) is 11.3 Å². The molecule has 1 aliphatic heterocycles. The summed E-state index contributed by atoms with van der Waals surface area (Å²) in [6.45, 7) is 5.84. The minimum absolute atomic E-state index is 0.0598. The molecule has 0 aromatic rings. The predicted molar refractivity (Wildman–Crippen MR) is 53.4 cm³/mol. The van der Waals surface area contributed by atoms with Crippen LogP contribution in [0.5, 0.6) is 0 Å². The lowest BCUT2D eigenvalue weighted by Gasteiger charge is -2.21. The molecule has 0 spiro atoms. The molecule has 0 aromatic carbocycles. The smallest absolute Gasteiger partial charge is 0.227 e. The molecule has 4 nitrogen and oxygen atoms in total. The Labute approximate surface area is 84.7 Å². The molecule has 0 aromatic heterocycles. The van der Waals surface area contributed by atoms with Crippen molar-refractivity contribution in [2.75, 3.05) is 19.6 Å². The van der Waals surface area contributed by atoms with Gasteiger partial charge in [0.1, 0.15) is 0 Å². The summed E-state index contributed by atoms with van der Waals surface area (Å²) < 4.78 is 0. The minimum atomic E-state index is -0.283. The molecule has 1 rings (SSSR count). The van der Waals surface area contributed by atoms with E-state index in [1.165, 1.54) is 0 Å². The van der Waals surface area contributed by atoms with Gasteiger partial charge in [0.25, 0.3) is 0 Å². The van der Waals surface area contributed by atoms with Crippen molar-refractivity contribution < 1.29 is 4.79 Å². The second-order valence-corrected chi connectivity index (χ2v) is 4.23. The third-order valence-corrected chi connectivity index (χ3v) is 2.71. The number of carbonyl (C=O) groups is 1. The maximum atomic E-state index is 11.7. The molecule has 78 valence electrons. The van der Waals surface area contributed by atoms with E-state index in [0.29, 0.717) is 6.54 Å². The van der Waals surface area contributed by atoms with Crippen molar-refractivity contribution in [3.63, 3.8) is 0 Å². The van der Waals surface area contributed by atoms with Crippen molar-refractivity contribution in [3.8, 4) is 6.07 Å². The average molecular weight is 195 g/mol. The third-order valence-electron chi connectivity index (χ3n) is 2.71. The van der Waals surface area contributed by atoms with Crippen LogP contribution in [-0.4, -0.2) is 25.5 Å². The zero-order valence-corrected chi connectivity index (χ0v) is 8.76. The van der Waals surface area contributed by atoms with E-state index >= 15 is 0 Å². The normalized spacial score (nSPS) is 28.1. The van der Waals surface area contributed by atoms with E-state index in [1.807, 2.05) is 6.92 Å². The van der Waals surface area contributed by atoms with Gasteiger partial charge in [-0.3, -0.25) is 4.79 Å². The Morgan fingerprint density at radius 3 is 3.00 bits per heavy atom. The van der Waals surface area contributed by atoms with Gasteiger partial charge in [0.15, 0.2) is 0 Å². The van der Waals surface area contributed by atoms with E-state index in [0.717, 1.165) is 19.5 Å². The van der Waals surface area contributed by atoms with Gasteiger partial charge in [0.2, 0.25) is 5.91 Å². The molecule has 2 atom stereocenters. The van der Waals surface area contributed by atoms with Crippen LogP contribution in [0, 0.1) is 22.7 Å². The molecule has 0 radical (unpaired) electrons. The molecule has 1 aliphatic rings. The molecule has 1 amide bonds. The first-order chi connectivity index (χ1) is 6.58. The molecule has 14 heavy (non-hydrogen) atoms. The molecule has 1 heterocycles. The largest absolute Gasteiger partial charge is 0.354 e. The Hall–Kier alpha value is -1.08. The summed E-state index contributed by atoms with van der Waals surface area (Å²) in [5.74, 6) is -0.0542. The Morgan fingerprint density at radius 2 is 2.50 bits per heavy atom. The molecule has 0 aliphatic carbocycles. The van der Waals surface area contributed by atoms with E-state index < -0.39 is 0 Å². The van der Waals surface area contributed by atoms with Gasteiger partial charge in [-0.2, -0.15) is 5.26 Å². The molecule has 0 bridgehead atoms. The molecule has 1 saturated heterocycles. The Balaban J connectivity index is 2.38. The van der Waals surface area contributed by atoms with E-state index in [1.54, 1.807) is 6.92 Å². The second-order valence-electron chi connectivity index (χ2n) is 4.23. The quantitative estimate of drug-likeness (QED) is 0.679. The zero-order valence-electron chi connectivity index (χ0n) is 8.76. The zero-order chi connectivity index (χ0) is 10.6. The number of carbonyl (C=O) groups excluding carboxylic acids is 1. The summed E-state index contributed by atoms with van der Waals surface area (Å²) in [5, 5.41) is 14.5. The van der Waals surface area contributed by atoms with Gasteiger partial charge in [-0.25, -0.2) is 0 Å². The molecular formula is C10H17N3O. The van der Waals surface area contributed by atoms with Gasteiger partial charge in [-0.1, -0.05) is 0 Å². The monoisotopic (exact) mass is 195 g/mol. The third kappa shape index (κ3) is 2.46. The number of rotatable bonds is 3. The SMILES string of the molecule is CC(C#N)CNC(=O)C1(C)CCNC1. The summed E-state index contributed by atoms with van der Waals surface area (Å²) in [6.07, 6.45) is 0.875. The van der Waals surface area contributed by atoms with Crippen LogP contribution in [0.3, 0.4) is 0 Å². The van der Waals surface area contributed by atoms with Crippen LogP contribution in [0.2, 0.25) is 0 Å². The van der Waals surface area contributed by atoms with Crippen LogP contribution >= 0.6 is 0 Å². The van der Waals surface area contributed by atoms with E-state index in [9.17, 15) is 4.79 Å². The molecule has 2 N–H and O–H groups in total. The first-order valence-electron chi connectivity index (χ1n) is 4.97. The summed E-state index contributed by atoms with van der Waals surface area (Å²) in [5.41, 5.74) is -0.283. The van der Waals surface area contributed by atoms with Crippen molar-refractivity contribution in [2.45, 2.75) is 20.3 Å². The highest BCUT2D eigenvalue weighted by Gasteiger charge is 2.35. The van der Waals surface area contributed by atoms with Crippen molar-refractivity contribution in [1.29, 1.82) is 5.26 Å². The van der Waals surface area contributed by atoms with Gasteiger partial charge < -0.3 is 10.6 Å². The summed E-state index contributed by atoms with van der Waals surface area (Å²) >= 11 is 0. The lowest BCUT2D eigenvalue weighted by atomic mass is 9.88. The van der Waals surface area contributed by atoms with Gasteiger partial charge in [0.05, 0.1) is 17.4 Å². The van der Waals surface area contributed by atoms with Crippen LogP contribution in [0.15, 0.2) is 0 Å². The Kier molecular flexibility index (Phi) is 3.48. The highest BCUT2D eigenvalue weighted by molar-refractivity contribution is 5.82. The first kappa shape index (κ1) is 11.0. The average Bonchev–Trinajstić information content (AvgIpc) is 2.62. The van der Waals surface area contributed by atoms with Crippen LogP contribution in [0.4, 0.5) is 0 Å². The number of hydrogen-bond donors (Lipinski definition) is 2. The summed E-state index contributed by atoms with van der Waals surface area (Å²) in [7, 11) is 0. The Morgan fingerprint density at radius 1 is 1.79 bits per heavy atom. The number of hydrogen-bond acceptors (Lipinski definition) is 3. The fourth-order valence-electron chi connectivity index (χ4n) is 1.52. The lowest BCUT2D eigenvalue weighted by Crippen LogP contribution is -2.41. The van der Waals surface area contributed by atoms with Gasteiger partial charge >= 0.3 is 0 Å². The summed E-state index contributed by atoms with van der Waals surface area (Å²) in [4.78, 5) is 11.7. The van der Waals surface area contributed by atoms with Crippen molar-refractivity contribution in [1.82, 2.24) is 10.6 Å². The van der Waals surface area contributed by atoms with Crippen molar-refractivity contribution >= 4 is 5.91 Å². The van der Waals surface area contributed by atoms with E-state index in [4.69, 9.17) is 5.26 Å². The van der Waals surface area contributed by atoms with E-state index in [2.05, 4.69) is 16.7 Å². The van der Waals surface area contributed by atoms with Gasteiger partial charge in [0, 0.05) is 13.1 Å². The highest BCUT2D eigenvalue weighted by Crippen LogP contribution is 2.24. The van der Waals surface area contributed by atoms with Crippen LogP contribution in [-0.2, 0) is 4.79 Å².